The van der Waals surface area contributed by atoms with Crippen LogP contribution < -0.4 is 0 Å². The zero-order valence-electron chi connectivity index (χ0n) is 22.5. The maximum atomic E-state index is 14.7. The molecule has 2 heterocycles. The molecule has 43 heavy (non-hydrogen) atoms. The average molecular weight is 643 g/mol. The minimum Gasteiger partial charge on any atom is -0.380 e. The van der Waals surface area contributed by atoms with Crippen LogP contribution in [-0.2, 0) is 29.8 Å². The topological polar surface area (TPSA) is 95.0 Å². The van der Waals surface area contributed by atoms with E-state index in [1.165, 1.54) is 11.8 Å². The largest absolute Gasteiger partial charge is 0.435 e. The van der Waals surface area contributed by atoms with Crippen LogP contribution >= 0.6 is 0 Å². The molecule has 1 atom stereocenters. The summed E-state index contributed by atoms with van der Waals surface area (Å²) in [5.74, 6) is -1.95. The Balaban J connectivity index is 1.77. The third-order valence-electron chi connectivity index (χ3n) is 8.18. The predicted molar refractivity (Wildman–Crippen MR) is 134 cm³/mol. The van der Waals surface area contributed by atoms with Gasteiger partial charge in [0, 0.05) is 51.5 Å². The van der Waals surface area contributed by atoms with Crippen molar-refractivity contribution in [3.63, 3.8) is 0 Å². The monoisotopic (exact) mass is 642 g/mol. The molecule has 1 unspecified atom stereocenters. The van der Waals surface area contributed by atoms with Crippen molar-refractivity contribution in [2.75, 3.05) is 26.2 Å². The molecule has 0 aromatic heterocycles. The first kappa shape index (κ1) is 32.6. The quantitative estimate of drug-likeness (QED) is 0.386. The van der Waals surface area contributed by atoms with Gasteiger partial charge in [-0.25, -0.2) is 17.2 Å². The van der Waals surface area contributed by atoms with Gasteiger partial charge in [0.15, 0.2) is 9.84 Å². The van der Waals surface area contributed by atoms with Crippen LogP contribution in [0.5, 0.6) is 0 Å². The van der Waals surface area contributed by atoms with E-state index in [1.807, 2.05) is 0 Å². The highest BCUT2D eigenvalue weighted by molar-refractivity contribution is 7.92. The summed E-state index contributed by atoms with van der Waals surface area (Å²) < 4.78 is 134. The van der Waals surface area contributed by atoms with Crippen molar-refractivity contribution in [3.8, 4) is 0 Å². The molecular formula is C27H26F8N2O5S. The summed E-state index contributed by atoms with van der Waals surface area (Å²) >= 11 is 0. The number of carbonyl (C=O) groups is 2. The number of carbonyl (C=O) groups excluding carboxylic acids is 2. The summed E-state index contributed by atoms with van der Waals surface area (Å²) in [7, 11) is -4.65. The molecule has 236 valence electrons. The van der Waals surface area contributed by atoms with Crippen molar-refractivity contribution in [1.29, 1.82) is 0 Å². The van der Waals surface area contributed by atoms with E-state index >= 15 is 0 Å². The molecule has 1 N–H and O–H groups in total. The standard InChI is InChI=1S/C27H26F8N2O5S/c1-17(38)36-13-10-23(40,11-14-36)22(39)37-15-12-24(16-37,43(41,42)21-8-6-20(28)7-9-21)18-2-4-19(5-3-18)25(29,26(30,31)32)27(33,34)35/h2-9,40H,10-16H2,1H3. The van der Waals surface area contributed by atoms with Gasteiger partial charge in [0.25, 0.3) is 5.91 Å². The average Bonchev–Trinajstić information content (AvgIpc) is 3.39. The number of sulfone groups is 1. The SMILES string of the molecule is CC(=O)N1CCC(O)(C(=O)N2CCC(c3ccc(C(F)(C(F)(F)F)C(F)(F)F)cc3)(S(=O)(=O)c3ccc(F)cc3)C2)CC1. The van der Waals surface area contributed by atoms with Crippen LogP contribution in [0.3, 0.4) is 0 Å². The van der Waals surface area contributed by atoms with Crippen molar-refractivity contribution in [1.82, 2.24) is 9.80 Å². The maximum absolute atomic E-state index is 14.7. The van der Waals surface area contributed by atoms with Gasteiger partial charge in [-0.1, -0.05) is 24.3 Å². The fraction of sp³-hybridized carbons (Fsp3) is 0.481. The Morgan fingerprint density at radius 2 is 1.28 bits per heavy atom. The van der Waals surface area contributed by atoms with Gasteiger partial charge < -0.3 is 14.9 Å². The zero-order valence-corrected chi connectivity index (χ0v) is 23.3. The molecule has 0 radical (unpaired) electrons. The first-order valence-corrected chi connectivity index (χ1v) is 14.4. The number of piperidine rings is 1. The first-order valence-electron chi connectivity index (χ1n) is 12.9. The second-order valence-electron chi connectivity index (χ2n) is 10.7. The lowest BCUT2D eigenvalue weighted by Gasteiger charge is -2.39. The Morgan fingerprint density at radius 1 is 0.791 bits per heavy atom. The maximum Gasteiger partial charge on any atom is 0.435 e. The van der Waals surface area contributed by atoms with E-state index < -0.39 is 73.4 Å². The second-order valence-corrected chi connectivity index (χ2v) is 13.0. The fourth-order valence-electron chi connectivity index (χ4n) is 5.60. The Bertz CT molecular complexity index is 1470. The Morgan fingerprint density at radius 3 is 1.74 bits per heavy atom. The third-order valence-corrected chi connectivity index (χ3v) is 10.7. The van der Waals surface area contributed by atoms with E-state index in [0.717, 1.165) is 29.2 Å². The molecule has 0 bridgehead atoms. The normalized spacial score (nSPS) is 21.6. The number of rotatable bonds is 5. The van der Waals surface area contributed by atoms with Gasteiger partial charge in [0.1, 0.15) is 16.2 Å². The Hall–Kier alpha value is -3.27. The number of aliphatic hydroxyl groups is 1. The van der Waals surface area contributed by atoms with Gasteiger partial charge in [-0.05, 0) is 36.2 Å². The number of benzene rings is 2. The minimum atomic E-state index is -6.39. The molecule has 2 aliphatic heterocycles. The summed E-state index contributed by atoms with van der Waals surface area (Å²) in [4.78, 5) is 27.1. The molecule has 0 spiro atoms. The van der Waals surface area contributed by atoms with E-state index in [4.69, 9.17) is 0 Å². The number of nitrogens with zero attached hydrogens (tertiary/aromatic N) is 2. The number of halogens is 8. The molecule has 0 aliphatic carbocycles. The second kappa shape index (κ2) is 10.7. The summed E-state index contributed by atoms with van der Waals surface area (Å²) in [6, 6.07) is 5.11. The number of alkyl halides is 7. The molecule has 2 fully saturated rings. The minimum absolute atomic E-state index is 0.0370. The number of hydrogen-bond acceptors (Lipinski definition) is 5. The van der Waals surface area contributed by atoms with E-state index in [2.05, 4.69) is 0 Å². The lowest BCUT2D eigenvalue weighted by molar-refractivity contribution is -0.348. The van der Waals surface area contributed by atoms with Crippen molar-refractivity contribution < 1.29 is 58.2 Å². The number of likely N-dealkylation sites (tertiary alicyclic amines) is 2. The molecule has 2 aromatic rings. The summed E-state index contributed by atoms with van der Waals surface area (Å²) in [5.41, 5.74) is -9.90. The summed E-state index contributed by atoms with van der Waals surface area (Å²) in [5, 5.41) is 11.1. The predicted octanol–water partition coefficient (Wildman–Crippen LogP) is 4.39. The van der Waals surface area contributed by atoms with Crippen LogP contribution in [0.1, 0.15) is 37.3 Å². The molecule has 2 amide bonds. The molecule has 4 rings (SSSR count). The third kappa shape index (κ3) is 5.36. The fourth-order valence-corrected chi connectivity index (χ4v) is 7.67. The molecule has 2 aliphatic rings. The Kier molecular flexibility index (Phi) is 8.13. The van der Waals surface area contributed by atoms with E-state index in [9.17, 15) is 58.2 Å². The van der Waals surface area contributed by atoms with Gasteiger partial charge in [-0.15, -0.1) is 0 Å². The van der Waals surface area contributed by atoms with Gasteiger partial charge in [0.2, 0.25) is 5.91 Å². The van der Waals surface area contributed by atoms with Crippen LogP contribution in [0.4, 0.5) is 35.1 Å². The van der Waals surface area contributed by atoms with Crippen molar-refractivity contribution >= 4 is 21.7 Å². The van der Waals surface area contributed by atoms with Crippen LogP contribution in [0, 0.1) is 5.82 Å². The van der Waals surface area contributed by atoms with E-state index in [0.29, 0.717) is 12.1 Å². The zero-order chi connectivity index (χ0) is 32.2. The van der Waals surface area contributed by atoms with Gasteiger partial charge in [-0.3, -0.25) is 9.59 Å². The van der Waals surface area contributed by atoms with Crippen LogP contribution in [0.2, 0.25) is 0 Å². The van der Waals surface area contributed by atoms with Crippen LogP contribution in [0.15, 0.2) is 53.4 Å². The van der Waals surface area contributed by atoms with E-state index in [-0.39, 0.29) is 56.1 Å². The van der Waals surface area contributed by atoms with Crippen LogP contribution in [0.25, 0.3) is 0 Å². The lowest BCUT2D eigenvalue weighted by atomic mass is 9.89. The van der Waals surface area contributed by atoms with Gasteiger partial charge >= 0.3 is 18.0 Å². The molecule has 7 nitrogen and oxygen atoms in total. The highest BCUT2D eigenvalue weighted by atomic mass is 32.2. The molecule has 16 heteroatoms. The van der Waals surface area contributed by atoms with Crippen molar-refractivity contribution in [2.24, 2.45) is 0 Å². The van der Waals surface area contributed by atoms with Crippen molar-refractivity contribution in [2.45, 2.75) is 59.5 Å². The molecule has 2 aromatic carbocycles. The Labute approximate surface area is 241 Å². The molecule has 0 saturated carbocycles. The van der Waals surface area contributed by atoms with Gasteiger partial charge in [-0.2, -0.15) is 26.3 Å². The molecule has 2 saturated heterocycles. The molecular weight excluding hydrogens is 616 g/mol. The highest BCUT2D eigenvalue weighted by Crippen LogP contribution is 2.54. The number of amides is 2. The number of hydrogen-bond donors (Lipinski definition) is 1. The van der Waals surface area contributed by atoms with Crippen molar-refractivity contribution in [3.05, 3.63) is 65.5 Å². The lowest BCUT2D eigenvalue weighted by Crippen LogP contribution is -2.55. The highest BCUT2D eigenvalue weighted by Gasteiger charge is 2.73. The van der Waals surface area contributed by atoms with Crippen LogP contribution in [-0.4, -0.2) is 79.3 Å². The van der Waals surface area contributed by atoms with Gasteiger partial charge in [0.05, 0.1) is 4.90 Å². The van der Waals surface area contributed by atoms with E-state index in [1.54, 1.807) is 0 Å². The summed E-state index contributed by atoms with van der Waals surface area (Å²) in [6.07, 6.45) is -13.5. The summed E-state index contributed by atoms with van der Waals surface area (Å²) in [6.45, 7) is 0.411. The first-order chi connectivity index (χ1) is 19.7. The smallest absolute Gasteiger partial charge is 0.380 e.